The highest BCUT2D eigenvalue weighted by molar-refractivity contribution is 6.05. The normalized spacial score (nSPS) is 10.2. The molecule has 2 rings (SSSR count). The van der Waals surface area contributed by atoms with E-state index in [0.29, 0.717) is 16.9 Å². The number of hydrogen-bond donors (Lipinski definition) is 3. The molecule has 0 aliphatic carbocycles. The van der Waals surface area contributed by atoms with E-state index in [-0.39, 0.29) is 18.0 Å². The maximum Gasteiger partial charge on any atom is 0.319 e. The molecule has 126 valence electrons. The minimum absolute atomic E-state index is 0.0338. The van der Waals surface area contributed by atoms with Gasteiger partial charge in [0.25, 0.3) is 5.91 Å². The van der Waals surface area contributed by atoms with E-state index in [1.54, 1.807) is 55.6 Å². The van der Waals surface area contributed by atoms with Gasteiger partial charge in [-0.25, -0.2) is 4.79 Å². The molecule has 2 aromatic carbocycles. The van der Waals surface area contributed by atoms with Crippen molar-refractivity contribution in [1.29, 1.82) is 0 Å². The Morgan fingerprint density at radius 2 is 1.67 bits per heavy atom. The zero-order valence-corrected chi connectivity index (χ0v) is 13.9. The summed E-state index contributed by atoms with van der Waals surface area (Å²) in [6.45, 7) is 3.75. The fraction of sp³-hybridized carbons (Fsp3) is 0.222. The number of amides is 3. The van der Waals surface area contributed by atoms with Crippen molar-refractivity contribution in [3.05, 3.63) is 54.1 Å². The van der Waals surface area contributed by atoms with Crippen molar-refractivity contribution in [2.24, 2.45) is 0 Å². The molecule has 0 spiro atoms. The maximum atomic E-state index is 12.3. The molecule has 0 fully saturated rings. The van der Waals surface area contributed by atoms with E-state index >= 15 is 0 Å². The van der Waals surface area contributed by atoms with Gasteiger partial charge in [0.1, 0.15) is 5.75 Å². The number of nitrogens with one attached hydrogen (secondary N) is 3. The predicted molar refractivity (Wildman–Crippen MR) is 94.7 cm³/mol. The second-order valence-electron chi connectivity index (χ2n) is 5.52. The molecular weight excluding hydrogens is 306 g/mol. The number of benzene rings is 2. The van der Waals surface area contributed by atoms with Crippen LogP contribution in [0.5, 0.6) is 5.75 Å². The van der Waals surface area contributed by atoms with Crippen molar-refractivity contribution in [2.75, 3.05) is 17.7 Å². The highest BCUT2D eigenvalue weighted by atomic mass is 16.5. The Morgan fingerprint density at radius 3 is 2.29 bits per heavy atom. The van der Waals surface area contributed by atoms with Crippen LogP contribution in [-0.2, 0) is 0 Å². The number of methoxy groups -OCH3 is 1. The topological polar surface area (TPSA) is 79.5 Å². The van der Waals surface area contributed by atoms with E-state index in [4.69, 9.17) is 4.74 Å². The standard InChI is InChI=1S/C18H21N3O3/c1-12(2)19-18(23)21-15-6-4-5-13(11-15)17(22)20-14-7-9-16(24-3)10-8-14/h4-12H,1-3H3,(H,20,22)(H2,19,21,23). The number of rotatable bonds is 5. The number of carbonyl (C=O) groups is 2. The summed E-state index contributed by atoms with van der Waals surface area (Å²) in [5.74, 6) is 0.462. The van der Waals surface area contributed by atoms with Gasteiger partial charge >= 0.3 is 6.03 Å². The number of hydrogen-bond acceptors (Lipinski definition) is 3. The summed E-state index contributed by atoms with van der Waals surface area (Å²) in [4.78, 5) is 24.0. The number of ether oxygens (including phenoxy) is 1. The van der Waals surface area contributed by atoms with Crippen molar-refractivity contribution in [3.8, 4) is 5.75 Å². The minimum atomic E-state index is -0.308. The number of urea groups is 1. The van der Waals surface area contributed by atoms with Crippen molar-refractivity contribution in [2.45, 2.75) is 19.9 Å². The summed E-state index contributed by atoms with van der Waals surface area (Å²) < 4.78 is 5.08. The van der Waals surface area contributed by atoms with Crippen LogP contribution < -0.4 is 20.7 Å². The van der Waals surface area contributed by atoms with Crippen LogP contribution in [0.1, 0.15) is 24.2 Å². The molecule has 0 atom stereocenters. The lowest BCUT2D eigenvalue weighted by Gasteiger charge is -2.11. The molecule has 3 N–H and O–H groups in total. The maximum absolute atomic E-state index is 12.3. The summed E-state index contributed by atoms with van der Waals surface area (Å²) in [5.41, 5.74) is 1.67. The largest absolute Gasteiger partial charge is 0.497 e. The Hall–Kier alpha value is -3.02. The molecule has 6 heteroatoms. The van der Waals surface area contributed by atoms with Gasteiger partial charge in [0, 0.05) is 23.0 Å². The third-order valence-corrected chi connectivity index (χ3v) is 3.15. The average molecular weight is 327 g/mol. The van der Waals surface area contributed by atoms with E-state index in [9.17, 15) is 9.59 Å². The van der Waals surface area contributed by atoms with Gasteiger partial charge in [0.15, 0.2) is 0 Å². The van der Waals surface area contributed by atoms with Crippen molar-refractivity contribution in [1.82, 2.24) is 5.32 Å². The van der Waals surface area contributed by atoms with Crippen molar-refractivity contribution >= 4 is 23.3 Å². The quantitative estimate of drug-likeness (QED) is 0.786. The van der Waals surface area contributed by atoms with Gasteiger partial charge in [0.05, 0.1) is 7.11 Å². The van der Waals surface area contributed by atoms with Crippen LogP contribution in [0.2, 0.25) is 0 Å². The molecular formula is C18H21N3O3. The lowest BCUT2D eigenvalue weighted by molar-refractivity contribution is 0.102. The number of anilines is 2. The minimum Gasteiger partial charge on any atom is -0.497 e. The molecule has 0 heterocycles. The summed E-state index contributed by atoms with van der Waals surface area (Å²) in [7, 11) is 1.58. The molecule has 0 aromatic heterocycles. The predicted octanol–water partition coefficient (Wildman–Crippen LogP) is 3.48. The van der Waals surface area contributed by atoms with Crippen LogP contribution in [-0.4, -0.2) is 25.1 Å². The van der Waals surface area contributed by atoms with Gasteiger partial charge in [-0.15, -0.1) is 0 Å². The Bertz CT molecular complexity index is 712. The van der Waals surface area contributed by atoms with Crippen LogP contribution in [0.15, 0.2) is 48.5 Å². The van der Waals surface area contributed by atoms with Gasteiger partial charge in [-0.05, 0) is 56.3 Å². The Kier molecular flexibility index (Phi) is 5.78. The van der Waals surface area contributed by atoms with Gasteiger partial charge in [0.2, 0.25) is 0 Å². The van der Waals surface area contributed by atoms with Gasteiger partial charge < -0.3 is 20.7 Å². The lowest BCUT2D eigenvalue weighted by Crippen LogP contribution is -2.34. The first-order chi connectivity index (χ1) is 11.5. The molecule has 3 amide bonds. The lowest BCUT2D eigenvalue weighted by atomic mass is 10.2. The molecule has 0 saturated heterocycles. The highest BCUT2D eigenvalue weighted by Gasteiger charge is 2.09. The number of carbonyl (C=O) groups excluding carboxylic acids is 2. The molecule has 0 bridgehead atoms. The summed E-state index contributed by atoms with van der Waals surface area (Å²) in [6.07, 6.45) is 0. The van der Waals surface area contributed by atoms with Crippen LogP contribution in [0.4, 0.5) is 16.2 Å². The van der Waals surface area contributed by atoms with E-state index in [0.717, 1.165) is 5.75 Å². The third-order valence-electron chi connectivity index (χ3n) is 3.15. The first-order valence-electron chi connectivity index (χ1n) is 7.61. The molecule has 0 unspecified atom stereocenters. The summed E-state index contributed by atoms with van der Waals surface area (Å²) >= 11 is 0. The van der Waals surface area contributed by atoms with Crippen molar-refractivity contribution in [3.63, 3.8) is 0 Å². The fourth-order valence-electron chi connectivity index (χ4n) is 2.05. The smallest absolute Gasteiger partial charge is 0.319 e. The summed E-state index contributed by atoms with van der Waals surface area (Å²) in [5, 5.41) is 8.23. The fourth-order valence-corrected chi connectivity index (χ4v) is 2.05. The molecule has 2 aromatic rings. The third kappa shape index (κ3) is 5.01. The SMILES string of the molecule is COc1ccc(NC(=O)c2cccc(NC(=O)NC(C)C)c2)cc1. The Labute approximate surface area is 141 Å². The Morgan fingerprint density at radius 1 is 0.958 bits per heavy atom. The Balaban J connectivity index is 2.03. The monoisotopic (exact) mass is 327 g/mol. The van der Waals surface area contributed by atoms with E-state index < -0.39 is 0 Å². The molecule has 0 aliphatic rings. The van der Waals surface area contributed by atoms with Crippen LogP contribution in [0.25, 0.3) is 0 Å². The van der Waals surface area contributed by atoms with Crippen LogP contribution >= 0.6 is 0 Å². The molecule has 6 nitrogen and oxygen atoms in total. The second kappa shape index (κ2) is 8.01. The van der Waals surface area contributed by atoms with Gasteiger partial charge in [-0.2, -0.15) is 0 Å². The molecule has 0 aliphatic heterocycles. The van der Waals surface area contributed by atoms with E-state index in [1.165, 1.54) is 0 Å². The zero-order valence-electron chi connectivity index (χ0n) is 13.9. The van der Waals surface area contributed by atoms with Crippen LogP contribution in [0.3, 0.4) is 0 Å². The zero-order chi connectivity index (χ0) is 17.5. The highest BCUT2D eigenvalue weighted by Crippen LogP contribution is 2.17. The van der Waals surface area contributed by atoms with Crippen LogP contribution in [0, 0.1) is 0 Å². The average Bonchev–Trinajstić information content (AvgIpc) is 2.55. The first kappa shape index (κ1) is 17.3. The summed E-state index contributed by atoms with van der Waals surface area (Å²) in [6, 6.07) is 13.5. The molecule has 0 radical (unpaired) electrons. The van der Waals surface area contributed by atoms with Gasteiger partial charge in [-0.3, -0.25) is 4.79 Å². The van der Waals surface area contributed by atoms with Gasteiger partial charge in [-0.1, -0.05) is 6.07 Å². The van der Waals surface area contributed by atoms with E-state index in [1.807, 2.05) is 13.8 Å². The van der Waals surface area contributed by atoms with E-state index in [2.05, 4.69) is 16.0 Å². The van der Waals surface area contributed by atoms with Crippen molar-refractivity contribution < 1.29 is 14.3 Å². The first-order valence-corrected chi connectivity index (χ1v) is 7.61. The second-order valence-corrected chi connectivity index (χ2v) is 5.52. The molecule has 24 heavy (non-hydrogen) atoms. The molecule has 0 saturated carbocycles.